The maximum absolute atomic E-state index is 13.5. The third kappa shape index (κ3) is 13.7. The van der Waals surface area contributed by atoms with Gasteiger partial charge in [0, 0.05) is 35.3 Å². The Kier molecular flexibility index (Phi) is 18.3. The first kappa shape index (κ1) is 50.3. The van der Waals surface area contributed by atoms with Crippen LogP contribution in [0.2, 0.25) is 10.0 Å². The fourth-order valence-corrected chi connectivity index (χ4v) is 6.95. The lowest BCUT2D eigenvalue weighted by atomic mass is 10.1. The molecule has 0 spiro atoms. The monoisotopic (exact) mass is 974 g/mol. The number of ketones is 2. The van der Waals surface area contributed by atoms with E-state index in [1.165, 1.54) is 62.8 Å². The van der Waals surface area contributed by atoms with Crippen molar-refractivity contribution in [3.8, 4) is 11.5 Å². The Morgan fingerprint density at radius 3 is 1.29 bits per heavy atom. The summed E-state index contributed by atoms with van der Waals surface area (Å²) in [7, 11) is 2.59. The van der Waals surface area contributed by atoms with Crippen LogP contribution < -0.4 is 30.7 Å². The van der Waals surface area contributed by atoms with Crippen molar-refractivity contribution in [1.82, 2.24) is 0 Å². The second kappa shape index (κ2) is 24.0. The Bertz CT molecular complexity index is 2530. The molecule has 0 saturated carbocycles. The maximum atomic E-state index is 13.5. The van der Waals surface area contributed by atoms with Crippen LogP contribution in [0.15, 0.2) is 118 Å². The van der Waals surface area contributed by atoms with Gasteiger partial charge in [-0.1, -0.05) is 47.5 Å². The first-order valence-corrected chi connectivity index (χ1v) is 21.7. The van der Waals surface area contributed by atoms with Crippen molar-refractivity contribution < 1.29 is 38.2 Å². The molecule has 20 heteroatoms. The predicted molar refractivity (Wildman–Crippen MR) is 255 cm³/mol. The molecule has 5 aromatic rings. The molecule has 5 rings (SSSR count). The smallest absolute Gasteiger partial charge is 0.258 e. The Morgan fingerprint density at radius 2 is 0.939 bits per heavy atom. The molecule has 4 amide bonds. The fourth-order valence-electron chi connectivity index (χ4n) is 6.10. The molecule has 0 aliphatic heterocycles. The number of hydrogen-bond donors (Lipinski definition) is 4. The molecule has 0 aliphatic carbocycles. The van der Waals surface area contributed by atoms with E-state index in [9.17, 15) is 28.8 Å². The lowest BCUT2D eigenvalue weighted by Gasteiger charge is -2.18. The molecule has 0 radical (unpaired) electrons. The molecule has 0 heterocycles. The third-order valence-electron chi connectivity index (χ3n) is 9.41. The van der Waals surface area contributed by atoms with E-state index in [0.29, 0.717) is 36.0 Å². The molecule has 0 bridgehead atoms. The molecular weight excluding hydrogens is 934 g/mol. The Morgan fingerprint density at radius 1 is 0.545 bits per heavy atom. The number of carbonyl (C=O) groups is 6. The number of carbonyl (C=O) groups excluding carboxylic acids is 6. The van der Waals surface area contributed by atoms with Gasteiger partial charge in [0.25, 0.3) is 23.6 Å². The fraction of sp³-hybridized carbons (Fsp3) is 0.217. The average Bonchev–Trinajstić information content (AvgIpc) is 3.28. The molecule has 4 N–H and O–H groups in total. The average molecular weight is 977 g/mol. The summed E-state index contributed by atoms with van der Waals surface area (Å²) in [6.07, 6.45) is 1.22. The highest BCUT2D eigenvalue weighted by Crippen LogP contribution is 2.37. The van der Waals surface area contributed by atoms with E-state index < -0.39 is 47.3 Å². The van der Waals surface area contributed by atoms with Crippen molar-refractivity contribution in [3.05, 3.63) is 129 Å². The second-order valence-electron chi connectivity index (χ2n) is 14.2. The van der Waals surface area contributed by atoms with Crippen molar-refractivity contribution in [2.75, 3.05) is 47.2 Å². The Hall–Kier alpha value is -6.72. The zero-order valence-corrected chi connectivity index (χ0v) is 38.8. The number of methoxy groups -OCH3 is 2. The molecular formula is C46H42Cl4N8O8. The minimum absolute atomic E-state index is 0.0130. The summed E-state index contributed by atoms with van der Waals surface area (Å²) in [5, 5.41) is 27.0. The summed E-state index contributed by atoms with van der Waals surface area (Å²) in [6.45, 7) is 2.30. The number of nitrogens with zero attached hydrogens (tertiary/aromatic N) is 4. The van der Waals surface area contributed by atoms with Gasteiger partial charge >= 0.3 is 0 Å². The molecule has 16 nitrogen and oxygen atoms in total. The van der Waals surface area contributed by atoms with Gasteiger partial charge in [0.1, 0.15) is 11.5 Å². The van der Waals surface area contributed by atoms with Crippen LogP contribution in [0.5, 0.6) is 11.5 Å². The number of hydrogen-bond acceptors (Lipinski definition) is 12. The number of halogens is 4. The summed E-state index contributed by atoms with van der Waals surface area (Å²) < 4.78 is 11.0. The third-order valence-corrected chi connectivity index (χ3v) is 10.4. The lowest BCUT2D eigenvalue weighted by molar-refractivity contribution is -0.127. The zero-order valence-electron chi connectivity index (χ0n) is 35.8. The number of anilines is 4. The minimum Gasteiger partial charge on any atom is -0.494 e. The lowest BCUT2D eigenvalue weighted by Crippen LogP contribution is -2.32. The molecule has 342 valence electrons. The SMILES string of the molecule is COc1cc(NC(=O)C(N=Nc2ccc(Cl)c(C(=O)Nc3cccc(CCCl)c3)c2)C(C)=O)c(OC)cc1NC(=O)C(N=Nc1ccc(Cl)c(C(=O)Nc2cccc(CCCl)c2)c1)C(C)=O. The second-order valence-corrected chi connectivity index (χ2v) is 15.8. The quantitative estimate of drug-likeness (QED) is 0.0333. The Labute approximate surface area is 399 Å². The molecule has 2 unspecified atom stereocenters. The van der Waals surface area contributed by atoms with E-state index in [0.717, 1.165) is 25.0 Å². The van der Waals surface area contributed by atoms with Crippen molar-refractivity contribution >= 4 is 116 Å². The van der Waals surface area contributed by atoms with Gasteiger partial charge in [-0.25, -0.2) is 0 Å². The number of aryl methyl sites for hydroxylation is 2. The molecule has 0 fully saturated rings. The van der Waals surface area contributed by atoms with Gasteiger partial charge in [-0.3, -0.25) is 28.8 Å². The molecule has 0 saturated heterocycles. The van der Waals surface area contributed by atoms with E-state index in [1.807, 2.05) is 12.1 Å². The standard InChI is InChI=1S/C46H42Cl4N8O8/c1-25(59)41(57-55-31-11-13-35(49)33(21-31)43(61)51-29-9-5-7-27(19-29)15-17-47)45(63)53-37-23-40(66-4)38(24-39(37)65-3)54-46(64)42(26(2)60)58-56-32-12-14-36(50)34(22-32)44(62)52-30-10-6-8-28(20-30)16-18-48/h5-14,19-24,41-42H,15-18H2,1-4H3,(H,51,61)(H,52,62)(H,53,63)(H,54,64). The highest BCUT2D eigenvalue weighted by atomic mass is 35.5. The Balaban J connectivity index is 1.29. The van der Waals surface area contributed by atoms with Crippen LogP contribution in [0.25, 0.3) is 0 Å². The number of alkyl halides is 2. The number of ether oxygens (including phenoxy) is 2. The largest absolute Gasteiger partial charge is 0.494 e. The predicted octanol–water partition coefficient (Wildman–Crippen LogP) is 10.4. The number of rotatable bonds is 20. The summed E-state index contributed by atoms with van der Waals surface area (Å²) >= 11 is 24.4. The first-order valence-electron chi connectivity index (χ1n) is 19.9. The van der Waals surface area contributed by atoms with Gasteiger partial charge in [0.05, 0.1) is 58.1 Å². The highest BCUT2D eigenvalue weighted by molar-refractivity contribution is 6.35. The van der Waals surface area contributed by atoms with E-state index in [2.05, 4.69) is 41.7 Å². The van der Waals surface area contributed by atoms with Crippen LogP contribution >= 0.6 is 46.4 Å². The molecule has 66 heavy (non-hydrogen) atoms. The maximum Gasteiger partial charge on any atom is 0.258 e. The molecule has 5 aromatic carbocycles. The first-order chi connectivity index (χ1) is 31.6. The van der Waals surface area contributed by atoms with Crippen molar-refractivity contribution in [2.24, 2.45) is 20.5 Å². The summed E-state index contributed by atoms with van der Waals surface area (Å²) in [5.74, 6) is -3.33. The van der Waals surface area contributed by atoms with E-state index in [-0.39, 0.29) is 55.4 Å². The van der Waals surface area contributed by atoms with E-state index in [1.54, 1.807) is 36.4 Å². The van der Waals surface area contributed by atoms with Crippen LogP contribution in [0.4, 0.5) is 34.1 Å². The summed E-state index contributed by atoms with van der Waals surface area (Å²) in [6, 6.07) is 22.2. The van der Waals surface area contributed by atoms with E-state index in [4.69, 9.17) is 55.9 Å². The van der Waals surface area contributed by atoms with Gasteiger partial charge in [-0.2, -0.15) is 20.5 Å². The van der Waals surface area contributed by atoms with Gasteiger partial charge in [0.2, 0.25) is 12.1 Å². The summed E-state index contributed by atoms with van der Waals surface area (Å²) in [4.78, 5) is 78.7. The number of nitrogens with one attached hydrogen (secondary N) is 4. The topological polar surface area (TPSA) is 218 Å². The van der Waals surface area contributed by atoms with Crippen LogP contribution in [0.3, 0.4) is 0 Å². The van der Waals surface area contributed by atoms with Crippen LogP contribution in [-0.2, 0) is 32.0 Å². The van der Waals surface area contributed by atoms with Crippen LogP contribution in [0, 0.1) is 0 Å². The van der Waals surface area contributed by atoms with Gasteiger partial charge in [-0.05, 0) is 98.5 Å². The molecule has 0 aromatic heterocycles. The number of benzene rings is 5. The number of Topliss-reactive ketones (excluding diaryl/α,β-unsaturated/α-hetero) is 2. The van der Waals surface area contributed by atoms with Crippen molar-refractivity contribution in [3.63, 3.8) is 0 Å². The summed E-state index contributed by atoms with van der Waals surface area (Å²) in [5.41, 5.74) is 3.35. The zero-order chi connectivity index (χ0) is 47.9. The molecule has 2 atom stereocenters. The van der Waals surface area contributed by atoms with Crippen molar-refractivity contribution in [2.45, 2.75) is 38.8 Å². The minimum atomic E-state index is -1.65. The highest BCUT2D eigenvalue weighted by Gasteiger charge is 2.28. The number of azo groups is 2. The molecule has 0 aliphatic rings. The van der Waals surface area contributed by atoms with E-state index >= 15 is 0 Å². The number of amides is 4. The van der Waals surface area contributed by atoms with Crippen molar-refractivity contribution in [1.29, 1.82) is 0 Å². The van der Waals surface area contributed by atoms with Crippen LogP contribution in [-0.4, -0.2) is 73.3 Å². The van der Waals surface area contributed by atoms with Gasteiger partial charge in [-0.15, -0.1) is 23.2 Å². The normalized spacial score (nSPS) is 12.0. The van der Waals surface area contributed by atoms with Gasteiger partial charge in [0.15, 0.2) is 11.6 Å². The van der Waals surface area contributed by atoms with Crippen LogP contribution in [0.1, 0.15) is 45.7 Å². The van der Waals surface area contributed by atoms with Gasteiger partial charge < -0.3 is 30.7 Å².